The van der Waals surface area contributed by atoms with E-state index in [9.17, 15) is 81.7 Å². The molecule has 0 spiro atoms. The molecule has 0 bridgehead atoms. The van der Waals surface area contributed by atoms with E-state index in [1.807, 2.05) is 246 Å². The van der Waals surface area contributed by atoms with Gasteiger partial charge in [0.25, 0.3) is 0 Å². The van der Waals surface area contributed by atoms with Crippen molar-refractivity contribution in [1.82, 2.24) is 0 Å². The second-order valence-corrected chi connectivity index (χ2v) is 32.7. The molecule has 0 radical (unpaired) electrons. The molecule has 688 valence electrons. The van der Waals surface area contributed by atoms with Gasteiger partial charge in [-0.3, -0.25) is 0 Å². The van der Waals surface area contributed by atoms with E-state index in [0.29, 0.717) is 114 Å². The molecule has 20 rings (SSSR count). The van der Waals surface area contributed by atoms with E-state index in [4.69, 9.17) is 0 Å². The van der Waals surface area contributed by atoms with E-state index >= 15 is 0 Å². The number of hydrogen-bond acceptors (Lipinski definition) is 16. The molecular weight excluding hydrogens is 1700 g/mol. The topological polar surface area (TPSA) is 324 Å². The first-order chi connectivity index (χ1) is 65.7. The van der Waals surface area contributed by atoms with E-state index in [1.54, 1.807) is 189 Å². The maximum absolute atomic E-state index is 11.4. The van der Waals surface area contributed by atoms with Crippen molar-refractivity contribution in [3.63, 3.8) is 0 Å². The van der Waals surface area contributed by atoms with Gasteiger partial charge < -0.3 is 81.7 Å². The van der Waals surface area contributed by atoms with Crippen LogP contribution in [0.1, 0.15) is 150 Å². The van der Waals surface area contributed by atoms with E-state index in [-0.39, 0.29) is 103 Å². The second-order valence-electron chi connectivity index (χ2n) is 32.7. The Morgan fingerprint density at radius 2 is 0.368 bits per heavy atom. The fraction of sp³-hybridized carbons (Fsp3) is 0.133. The molecule has 0 aliphatic heterocycles. The number of phenolic OH excluding ortho intramolecular Hbond substituents is 16. The van der Waals surface area contributed by atoms with E-state index in [1.165, 1.54) is 12.1 Å². The summed E-state index contributed by atoms with van der Waals surface area (Å²) < 4.78 is 0. The third-order valence-electron chi connectivity index (χ3n) is 25.6. The van der Waals surface area contributed by atoms with Gasteiger partial charge in [0.05, 0.1) is 16.5 Å². The number of phenols is 16. The highest BCUT2D eigenvalue weighted by Crippen LogP contribution is 2.58. The minimum absolute atomic E-state index is 0.0109. The summed E-state index contributed by atoms with van der Waals surface area (Å²) in [6.07, 6.45) is 0. The molecule has 0 heterocycles. The fourth-order valence-electron chi connectivity index (χ4n) is 18.7. The fourth-order valence-corrected chi connectivity index (χ4v) is 18.7. The van der Waals surface area contributed by atoms with Crippen molar-refractivity contribution in [3.05, 3.63) is 431 Å². The van der Waals surface area contributed by atoms with Crippen molar-refractivity contribution in [1.29, 1.82) is 0 Å². The number of aromatic hydroxyl groups is 16. The molecule has 0 fully saturated rings. The van der Waals surface area contributed by atoms with E-state index in [0.717, 1.165) is 27.8 Å². The quantitative estimate of drug-likeness (QED) is 0.0399. The Labute approximate surface area is 790 Å². The minimum atomic E-state index is -1.27. The molecule has 0 aromatic heterocycles. The molecule has 0 aliphatic carbocycles. The lowest BCUT2D eigenvalue weighted by molar-refractivity contribution is 0.405. The molecule has 0 unspecified atom stereocenters. The molecule has 20 aromatic carbocycles. The van der Waals surface area contributed by atoms with Gasteiger partial charge in [-0.15, -0.1) is 0 Å². The van der Waals surface area contributed by atoms with Crippen molar-refractivity contribution in [2.75, 3.05) is 0 Å². The van der Waals surface area contributed by atoms with Crippen LogP contribution in [0.5, 0.6) is 92.0 Å². The Hall–Kier alpha value is -16.7. The van der Waals surface area contributed by atoms with Gasteiger partial charge in [-0.2, -0.15) is 0 Å². The van der Waals surface area contributed by atoms with Gasteiger partial charge in [0, 0.05) is 114 Å². The Morgan fingerprint density at radius 3 is 0.699 bits per heavy atom. The average Bonchev–Trinajstić information content (AvgIpc) is 0.772. The lowest BCUT2D eigenvalue weighted by Crippen LogP contribution is -2.26. The first-order valence-corrected chi connectivity index (χ1v) is 45.4. The minimum Gasteiger partial charge on any atom is -0.507 e. The number of rotatable bonds is 12. The first-order valence-electron chi connectivity index (χ1n) is 45.4. The summed E-state index contributed by atoms with van der Waals surface area (Å²) in [5, 5.41) is 184. The third-order valence-corrected chi connectivity index (χ3v) is 25.6. The molecule has 136 heavy (non-hydrogen) atoms. The van der Waals surface area contributed by atoms with Gasteiger partial charge >= 0.3 is 0 Å². The Balaban J connectivity index is 0.000000150. The summed E-state index contributed by atoms with van der Waals surface area (Å²) in [6, 6.07) is 107. The van der Waals surface area contributed by atoms with Crippen molar-refractivity contribution < 1.29 is 81.7 Å². The Bertz CT molecular complexity index is 7350. The van der Waals surface area contributed by atoms with Crippen molar-refractivity contribution in [2.24, 2.45) is 0 Å². The monoisotopic (exact) mass is 1810 g/mol. The Kier molecular flexibility index (Phi) is 29.2. The highest BCUT2D eigenvalue weighted by atomic mass is 16.3. The molecule has 16 nitrogen and oxygen atoms in total. The molecule has 20 aromatic rings. The molecule has 0 amide bonds. The lowest BCUT2D eigenvalue weighted by Gasteiger charge is -2.34. The largest absolute Gasteiger partial charge is 0.507 e. The summed E-state index contributed by atoms with van der Waals surface area (Å²) in [5.74, 6) is 0.172. The predicted molar refractivity (Wildman–Crippen MR) is 552 cm³/mol. The summed E-state index contributed by atoms with van der Waals surface area (Å²) >= 11 is 0. The molecule has 16 N–H and O–H groups in total. The van der Waals surface area contributed by atoms with Crippen LogP contribution in [0.15, 0.2) is 364 Å². The van der Waals surface area contributed by atoms with Crippen LogP contribution in [0, 0.1) is 0 Å². The second kappa shape index (κ2) is 41.0. The highest BCUT2D eigenvalue weighted by Gasteiger charge is 2.44. The normalized spacial score (nSPS) is 11.3. The molecule has 0 aliphatic rings. The summed E-state index contributed by atoms with van der Waals surface area (Å²) in [4.78, 5) is 0. The van der Waals surface area contributed by atoms with Crippen LogP contribution in [0.3, 0.4) is 0 Å². The molecular formula is C120H112O16. The van der Waals surface area contributed by atoms with Gasteiger partial charge in [-0.1, -0.05) is 347 Å². The van der Waals surface area contributed by atoms with Crippen molar-refractivity contribution in [3.8, 4) is 92.0 Å². The standard InChI is InChI=1S/4C28H22O4.4C2H6/c1-28(19-11-3-2-4-12-19,24-22(29)15-17-9-5-7-13-20(17)26(24)31)25-23(30)16-18-10-6-8-14-21(18)27(25)32;1-28(17-9-3-2-4-10-17,22-15-24(29)18-11-5-7-13-20(18)26(22)31)23-16-25(30)19-12-6-8-14-21(19)27(23)32;1-28(17-7-3-2-4-8-17,18-13-22-20(26(31)15-18)9-5-11-24(22)29)19-14-23-21(27(32)16-19)10-6-12-25(23)30;1-28(17-7-3-2-4-8-17,22-15-13-18-20(26(22)31)9-5-11-24(18)29)23-16-14-19-21(27(23)32)10-6-12-25(19)30;4*1-2/h4*2-16,29-32H,1H3;4*1-2H3. The first kappa shape index (κ1) is 96.8. The molecule has 0 saturated carbocycles. The molecule has 0 atom stereocenters. The van der Waals surface area contributed by atoms with Gasteiger partial charge in [-0.05, 0) is 145 Å². The summed E-state index contributed by atoms with van der Waals surface area (Å²) in [6.45, 7) is 23.6. The van der Waals surface area contributed by atoms with Crippen LogP contribution >= 0.6 is 0 Å². The zero-order valence-electron chi connectivity index (χ0n) is 77.8. The van der Waals surface area contributed by atoms with Crippen LogP contribution in [-0.2, 0) is 21.7 Å². The third kappa shape index (κ3) is 17.5. The van der Waals surface area contributed by atoms with Crippen LogP contribution in [-0.4, -0.2) is 81.7 Å². The van der Waals surface area contributed by atoms with Crippen molar-refractivity contribution >= 4 is 86.2 Å². The molecule has 0 saturated heterocycles. The van der Waals surface area contributed by atoms with E-state index in [2.05, 4.69) is 0 Å². The maximum Gasteiger partial charge on any atom is 0.131 e. The molecule has 16 heteroatoms. The Morgan fingerprint density at radius 1 is 0.140 bits per heavy atom. The summed E-state index contributed by atoms with van der Waals surface area (Å²) in [5.41, 5.74) is 3.15. The van der Waals surface area contributed by atoms with Crippen LogP contribution in [0.2, 0.25) is 0 Å². The number of hydrogen-bond donors (Lipinski definition) is 16. The zero-order valence-corrected chi connectivity index (χ0v) is 77.8. The maximum atomic E-state index is 11.4. The van der Waals surface area contributed by atoms with Crippen LogP contribution in [0.25, 0.3) is 86.2 Å². The zero-order chi connectivity index (χ0) is 97.8. The van der Waals surface area contributed by atoms with Gasteiger partial charge in [0.15, 0.2) is 0 Å². The lowest BCUT2D eigenvalue weighted by atomic mass is 9.68. The van der Waals surface area contributed by atoms with Gasteiger partial charge in [0.2, 0.25) is 0 Å². The van der Waals surface area contributed by atoms with Crippen LogP contribution < -0.4 is 0 Å². The highest BCUT2D eigenvalue weighted by molar-refractivity contribution is 6.02. The summed E-state index contributed by atoms with van der Waals surface area (Å²) in [7, 11) is 0. The SMILES string of the molecule is CC.CC.CC.CC.CC(c1ccccc1)(c1c(O)cc2ccccc2c1O)c1c(O)cc2ccccc2c1O.CC(c1ccccc1)(c1cc(O)c2cccc(O)c2c1)c1cc(O)c2cccc(O)c2c1.CC(c1ccccc1)(c1cc(O)c2ccccc2c1O)c1cc(O)c2ccccc2c1O.CC(c1ccccc1)(c1ccc2c(O)cccc2c1O)c1ccc2c(O)cccc2c1O. The van der Waals surface area contributed by atoms with Crippen molar-refractivity contribution in [2.45, 2.75) is 105 Å². The predicted octanol–water partition coefficient (Wildman–Crippen LogP) is 28.8. The van der Waals surface area contributed by atoms with Gasteiger partial charge in [-0.25, -0.2) is 0 Å². The number of fused-ring (bicyclic) bond motifs is 8. The van der Waals surface area contributed by atoms with Crippen LogP contribution in [0.4, 0.5) is 0 Å². The average molecular weight is 1810 g/mol. The van der Waals surface area contributed by atoms with E-state index < -0.39 is 21.7 Å². The number of benzene rings is 20. The smallest absolute Gasteiger partial charge is 0.131 e. The van der Waals surface area contributed by atoms with Gasteiger partial charge in [0.1, 0.15) is 92.0 Å².